The number of hydrogen-bond acceptors (Lipinski definition) is 2. The highest BCUT2D eigenvalue weighted by Crippen LogP contribution is 2.27. The van der Waals surface area contributed by atoms with Crippen molar-refractivity contribution in [3.8, 4) is 11.4 Å². The summed E-state index contributed by atoms with van der Waals surface area (Å²) in [5.74, 6) is 0.267. The quantitative estimate of drug-likeness (QED) is 0.697. The second-order valence-corrected chi connectivity index (χ2v) is 5.59. The summed E-state index contributed by atoms with van der Waals surface area (Å²) in [7, 11) is 0. The lowest BCUT2D eigenvalue weighted by Gasteiger charge is -2.09. The van der Waals surface area contributed by atoms with Gasteiger partial charge in [-0.1, -0.05) is 45.2 Å². The molecule has 0 amide bonds. The summed E-state index contributed by atoms with van der Waals surface area (Å²) in [6, 6.07) is 4.53. The van der Waals surface area contributed by atoms with Gasteiger partial charge in [-0.15, -0.1) is 0 Å². The van der Waals surface area contributed by atoms with Gasteiger partial charge >= 0.3 is 0 Å². The van der Waals surface area contributed by atoms with Crippen molar-refractivity contribution in [1.29, 1.82) is 0 Å². The molecule has 0 unspecified atom stereocenters. The standard InChI is InChI=1S/C14H13Br2FN2/c1-2-3-13-9(7-15)8-18-14(19-13)11-6-10(17)4-5-12(11)16/h4-6,8H,2-3,7H2,1H3. The molecule has 0 aliphatic rings. The molecule has 1 heterocycles. The Hall–Kier alpha value is -0.810. The maximum atomic E-state index is 13.3. The van der Waals surface area contributed by atoms with Crippen LogP contribution < -0.4 is 0 Å². The smallest absolute Gasteiger partial charge is 0.160 e. The molecule has 0 aliphatic heterocycles. The average molecular weight is 388 g/mol. The van der Waals surface area contributed by atoms with Gasteiger partial charge in [0.2, 0.25) is 0 Å². The molecule has 2 nitrogen and oxygen atoms in total. The number of alkyl halides is 1. The predicted molar refractivity (Wildman–Crippen MR) is 81.8 cm³/mol. The van der Waals surface area contributed by atoms with Crippen LogP contribution in [0.3, 0.4) is 0 Å². The van der Waals surface area contributed by atoms with Crippen LogP contribution in [-0.4, -0.2) is 9.97 Å². The minimum Gasteiger partial charge on any atom is -0.236 e. The number of halogens is 3. The third kappa shape index (κ3) is 3.39. The van der Waals surface area contributed by atoms with E-state index >= 15 is 0 Å². The monoisotopic (exact) mass is 386 g/mol. The first kappa shape index (κ1) is 14.6. The van der Waals surface area contributed by atoms with E-state index in [1.807, 2.05) is 0 Å². The van der Waals surface area contributed by atoms with Gasteiger partial charge in [-0.05, 0) is 24.6 Å². The van der Waals surface area contributed by atoms with Gasteiger partial charge in [-0.3, -0.25) is 0 Å². The van der Waals surface area contributed by atoms with E-state index in [1.165, 1.54) is 12.1 Å². The fourth-order valence-corrected chi connectivity index (χ4v) is 2.70. The summed E-state index contributed by atoms with van der Waals surface area (Å²) in [6.45, 7) is 2.11. The molecule has 100 valence electrons. The van der Waals surface area contributed by atoms with E-state index in [4.69, 9.17) is 0 Å². The number of aromatic nitrogens is 2. The molecule has 0 aliphatic carbocycles. The molecule has 19 heavy (non-hydrogen) atoms. The molecule has 2 rings (SSSR count). The van der Waals surface area contributed by atoms with E-state index in [9.17, 15) is 4.39 Å². The zero-order chi connectivity index (χ0) is 13.8. The Morgan fingerprint density at radius 2 is 2.11 bits per heavy atom. The van der Waals surface area contributed by atoms with Gasteiger partial charge in [0, 0.05) is 32.8 Å². The second-order valence-electron chi connectivity index (χ2n) is 4.17. The molecule has 0 fully saturated rings. The van der Waals surface area contributed by atoms with Crippen molar-refractivity contribution in [3.63, 3.8) is 0 Å². The first-order valence-electron chi connectivity index (χ1n) is 6.02. The molecule has 2 aromatic rings. The SMILES string of the molecule is CCCc1nc(-c2cc(F)ccc2Br)ncc1CBr. The van der Waals surface area contributed by atoms with E-state index in [1.54, 1.807) is 12.3 Å². The minimum atomic E-state index is -0.289. The van der Waals surface area contributed by atoms with Crippen molar-refractivity contribution in [2.24, 2.45) is 0 Å². The van der Waals surface area contributed by atoms with Crippen LogP contribution in [0.2, 0.25) is 0 Å². The van der Waals surface area contributed by atoms with Crippen molar-refractivity contribution in [2.45, 2.75) is 25.1 Å². The van der Waals surface area contributed by atoms with E-state index < -0.39 is 0 Å². The number of hydrogen-bond donors (Lipinski definition) is 0. The molecule has 5 heteroatoms. The summed E-state index contributed by atoms with van der Waals surface area (Å²) in [5.41, 5.74) is 2.78. The van der Waals surface area contributed by atoms with Gasteiger partial charge < -0.3 is 0 Å². The first-order valence-corrected chi connectivity index (χ1v) is 7.93. The fraction of sp³-hybridized carbons (Fsp3) is 0.286. The van der Waals surface area contributed by atoms with Crippen molar-refractivity contribution >= 4 is 31.9 Å². The molecular formula is C14H13Br2FN2. The fourth-order valence-electron chi connectivity index (χ4n) is 1.81. The molecule has 0 bridgehead atoms. The molecule has 0 atom stereocenters. The van der Waals surface area contributed by atoms with Crippen molar-refractivity contribution in [3.05, 3.63) is 45.9 Å². The number of nitrogens with zero attached hydrogens (tertiary/aromatic N) is 2. The lowest BCUT2D eigenvalue weighted by atomic mass is 10.1. The normalized spacial score (nSPS) is 10.7. The third-order valence-corrected chi connectivity index (χ3v) is 4.05. The van der Waals surface area contributed by atoms with Crippen LogP contribution in [0.15, 0.2) is 28.9 Å². The van der Waals surface area contributed by atoms with Crippen LogP contribution in [0, 0.1) is 5.82 Å². The van der Waals surface area contributed by atoms with Crippen molar-refractivity contribution in [2.75, 3.05) is 0 Å². The maximum Gasteiger partial charge on any atom is 0.160 e. The summed E-state index contributed by atoms with van der Waals surface area (Å²) < 4.78 is 14.1. The Bertz CT molecular complexity index is 588. The van der Waals surface area contributed by atoms with Crippen LogP contribution in [0.5, 0.6) is 0 Å². The van der Waals surface area contributed by atoms with Crippen LogP contribution in [-0.2, 0) is 11.8 Å². The van der Waals surface area contributed by atoms with Gasteiger partial charge in [0.05, 0.1) is 0 Å². The topological polar surface area (TPSA) is 25.8 Å². The average Bonchev–Trinajstić information content (AvgIpc) is 2.42. The van der Waals surface area contributed by atoms with Crippen molar-refractivity contribution in [1.82, 2.24) is 9.97 Å². The summed E-state index contributed by atoms with van der Waals surface area (Å²) >= 11 is 6.85. The van der Waals surface area contributed by atoms with Gasteiger partial charge in [0.1, 0.15) is 5.82 Å². The lowest BCUT2D eigenvalue weighted by Crippen LogP contribution is -2.01. The number of aryl methyl sites for hydroxylation is 1. The van der Waals surface area contributed by atoms with Crippen molar-refractivity contribution < 1.29 is 4.39 Å². The first-order chi connectivity index (χ1) is 9.15. The number of rotatable bonds is 4. The Balaban J connectivity index is 2.50. The highest BCUT2D eigenvalue weighted by atomic mass is 79.9. The largest absolute Gasteiger partial charge is 0.236 e. The highest BCUT2D eigenvalue weighted by Gasteiger charge is 2.11. The number of benzene rings is 1. The van der Waals surface area contributed by atoms with E-state index in [-0.39, 0.29) is 5.82 Å². The maximum absolute atomic E-state index is 13.3. The molecular weight excluding hydrogens is 375 g/mol. The van der Waals surface area contributed by atoms with Crippen LogP contribution in [0.4, 0.5) is 4.39 Å². The third-order valence-electron chi connectivity index (χ3n) is 2.75. The van der Waals surface area contributed by atoms with Crippen LogP contribution >= 0.6 is 31.9 Å². The Morgan fingerprint density at radius 1 is 1.32 bits per heavy atom. The Labute approximate surface area is 128 Å². The van der Waals surface area contributed by atoms with E-state index in [0.29, 0.717) is 11.4 Å². The van der Waals surface area contributed by atoms with Gasteiger partial charge in [-0.2, -0.15) is 0 Å². The highest BCUT2D eigenvalue weighted by molar-refractivity contribution is 9.10. The molecule has 0 saturated heterocycles. The molecule has 0 saturated carbocycles. The molecule has 0 spiro atoms. The Morgan fingerprint density at radius 3 is 2.79 bits per heavy atom. The van der Waals surface area contributed by atoms with Crippen LogP contribution in [0.1, 0.15) is 24.6 Å². The van der Waals surface area contributed by atoms with Crippen LogP contribution in [0.25, 0.3) is 11.4 Å². The summed E-state index contributed by atoms with van der Waals surface area (Å²) in [4.78, 5) is 8.89. The Kier molecular flexibility index (Phi) is 5.05. The second kappa shape index (κ2) is 6.57. The summed E-state index contributed by atoms with van der Waals surface area (Å²) in [5, 5.41) is 0.729. The zero-order valence-corrected chi connectivity index (χ0v) is 13.6. The predicted octanol–water partition coefficient (Wildman–Crippen LogP) is 4.89. The van der Waals surface area contributed by atoms with E-state index in [0.717, 1.165) is 33.9 Å². The molecule has 1 aromatic heterocycles. The summed E-state index contributed by atoms with van der Waals surface area (Å²) in [6.07, 6.45) is 3.71. The lowest BCUT2D eigenvalue weighted by molar-refractivity contribution is 0.628. The zero-order valence-electron chi connectivity index (χ0n) is 10.5. The minimum absolute atomic E-state index is 0.289. The van der Waals surface area contributed by atoms with Gasteiger partial charge in [-0.25, -0.2) is 14.4 Å². The van der Waals surface area contributed by atoms with E-state index in [2.05, 4.69) is 48.8 Å². The van der Waals surface area contributed by atoms with Gasteiger partial charge in [0.15, 0.2) is 5.82 Å². The van der Waals surface area contributed by atoms with Gasteiger partial charge in [0.25, 0.3) is 0 Å². The molecule has 1 aromatic carbocycles. The molecule has 0 N–H and O–H groups in total. The molecule has 0 radical (unpaired) electrons.